The maximum absolute atomic E-state index is 11.6. The van der Waals surface area contributed by atoms with Crippen LogP contribution in [0.2, 0.25) is 0 Å². The van der Waals surface area contributed by atoms with Crippen molar-refractivity contribution in [3.63, 3.8) is 0 Å². The summed E-state index contributed by atoms with van der Waals surface area (Å²) >= 11 is 0. The molecule has 0 aromatic heterocycles. The van der Waals surface area contributed by atoms with Crippen LogP contribution >= 0.6 is 0 Å². The van der Waals surface area contributed by atoms with Gasteiger partial charge in [-0.1, -0.05) is 0 Å². The number of nitrogens with zero attached hydrogens (tertiary/aromatic N) is 2. The minimum absolute atomic E-state index is 0.0622. The lowest BCUT2D eigenvalue weighted by molar-refractivity contribution is -0.137. The summed E-state index contributed by atoms with van der Waals surface area (Å²) < 4.78 is 0. The molecular formula is C10H17N3O4. The third-order valence-electron chi connectivity index (χ3n) is 2.60. The van der Waals surface area contributed by atoms with Gasteiger partial charge in [0.1, 0.15) is 6.54 Å². The molecule has 0 aliphatic carbocycles. The van der Waals surface area contributed by atoms with Crippen LogP contribution in [0.5, 0.6) is 0 Å². The van der Waals surface area contributed by atoms with Gasteiger partial charge in [-0.05, 0) is 6.92 Å². The monoisotopic (exact) mass is 243 g/mol. The van der Waals surface area contributed by atoms with Crippen molar-refractivity contribution in [2.24, 2.45) is 0 Å². The normalized spacial score (nSPS) is 15.9. The van der Waals surface area contributed by atoms with E-state index >= 15 is 0 Å². The predicted octanol–water partition coefficient (Wildman–Crippen LogP) is -0.665. The average Bonchev–Trinajstić information content (AvgIpc) is 2.28. The van der Waals surface area contributed by atoms with Crippen LogP contribution < -0.4 is 5.32 Å². The third-order valence-corrected chi connectivity index (χ3v) is 2.60. The van der Waals surface area contributed by atoms with E-state index in [9.17, 15) is 14.4 Å². The molecule has 1 aliphatic heterocycles. The molecule has 0 aromatic carbocycles. The van der Waals surface area contributed by atoms with Crippen molar-refractivity contribution in [2.75, 3.05) is 32.7 Å². The summed E-state index contributed by atoms with van der Waals surface area (Å²) in [4.78, 5) is 36.4. The summed E-state index contributed by atoms with van der Waals surface area (Å²) in [6.07, 6.45) is -0.116. The molecule has 0 unspecified atom stereocenters. The second-order valence-electron chi connectivity index (χ2n) is 3.77. The first-order valence-electron chi connectivity index (χ1n) is 5.57. The van der Waals surface area contributed by atoms with Gasteiger partial charge in [-0.3, -0.25) is 9.59 Å². The van der Waals surface area contributed by atoms with Gasteiger partial charge in [0.25, 0.3) is 0 Å². The van der Waals surface area contributed by atoms with Crippen LogP contribution in [0.3, 0.4) is 0 Å². The van der Waals surface area contributed by atoms with Crippen molar-refractivity contribution in [1.82, 2.24) is 15.1 Å². The molecule has 3 amide bonds. The highest BCUT2D eigenvalue weighted by molar-refractivity contribution is 5.85. The number of carbonyl (C=O) groups is 3. The predicted molar refractivity (Wildman–Crippen MR) is 59.5 cm³/mol. The minimum Gasteiger partial charge on any atom is -0.481 e. The lowest BCUT2D eigenvalue weighted by atomic mass is 10.3. The summed E-state index contributed by atoms with van der Waals surface area (Å²) in [6, 6.07) is -0.379. The van der Waals surface area contributed by atoms with Crippen molar-refractivity contribution < 1.29 is 19.5 Å². The molecule has 7 heteroatoms. The Morgan fingerprint density at radius 2 is 2.12 bits per heavy atom. The fourth-order valence-corrected chi connectivity index (χ4v) is 1.60. The largest absolute Gasteiger partial charge is 0.481 e. The van der Waals surface area contributed by atoms with Crippen LogP contribution in [0, 0.1) is 0 Å². The summed E-state index contributed by atoms with van der Waals surface area (Å²) in [5.74, 6) is -1.04. The summed E-state index contributed by atoms with van der Waals surface area (Å²) in [7, 11) is 0. The quantitative estimate of drug-likeness (QED) is 0.685. The molecule has 2 N–H and O–H groups in total. The van der Waals surface area contributed by atoms with Gasteiger partial charge >= 0.3 is 12.0 Å². The first-order valence-corrected chi connectivity index (χ1v) is 5.57. The van der Waals surface area contributed by atoms with Crippen LogP contribution in [-0.2, 0) is 9.59 Å². The topological polar surface area (TPSA) is 89.9 Å². The van der Waals surface area contributed by atoms with E-state index in [2.05, 4.69) is 5.32 Å². The molecule has 7 nitrogen and oxygen atoms in total. The summed E-state index contributed by atoms with van der Waals surface area (Å²) in [5, 5.41) is 10.9. The fraction of sp³-hybridized carbons (Fsp3) is 0.700. The lowest BCUT2D eigenvalue weighted by Crippen LogP contribution is -2.54. The van der Waals surface area contributed by atoms with Gasteiger partial charge in [0.05, 0.1) is 6.42 Å². The number of rotatable bonds is 4. The van der Waals surface area contributed by atoms with Gasteiger partial charge in [0.2, 0.25) is 5.91 Å². The highest BCUT2D eigenvalue weighted by Gasteiger charge is 2.25. The maximum atomic E-state index is 11.6. The van der Waals surface area contributed by atoms with Crippen LogP contribution in [-0.4, -0.2) is 65.5 Å². The number of urea groups is 1. The van der Waals surface area contributed by atoms with E-state index in [-0.39, 0.29) is 31.4 Å². The zero-order valence-corrected chi connectivity index (χ0v) is 9.81. The molecule has 1 rings (SSSR count). The lowest BCUT2D eigenvalue weighted by Gasteiger charge is -2.33. The zero-order valence-electron chi connectivity index (χ0n) is 9.81. The van der Waals surface area contributed by atoms with Gasteiger partial charge in [-0.2, -0.15) is 0 Å². The van der Waals surface area contributed by atoms with Gasteiger partial charge in [-0.25, -0.2) is 4.79 Å². The first-order chi connectivity index (χ1) is 8.04. The number of piperazine rings is 1. The van der Waals surface area contributed by atoms with Gasteiger partial charge in [0, 0.05) is 26.2 Å². The van der Waals surface area contributed by atoms with E-state index in [1.807, 2.05) is 6.92 Å². The molecule has 1 aliphatic rings. The molecule has 17 heavy (non-hydrogen) atoms. The van der Waals surface area contributed by atoms with Crippen molar-refractivity contribution >= 4 is 17.9 Å². The number of carbonyl (C=O) groups excluding carboxylic acids is 2. The van der Waals surface area contributed by atoms with Crippen molar-refractivity contribution in [1.29, 1.82) is 0 Å². The number of nitrogens with one attached hydrogen (secondary N) is 1. The number of amides is 3. The van der Waals surface area contributed by atoms with Crippen LogP contribution in [0.4, 0.5) is 4.79 Å². The van der Waals surface area contributed by atoms with E-state index in [0.29, 0.717) is 19.6 Å². The average molecular weight is 243 g/mol. The maximum Gasteiger partial charge on any atom is 0.317 e. The number of aliphatic carboxylic acids is 1. The molecule has 0 bridgehead atoms. The third kappa shape index (κ3) is 3.93. The number of hydrogen-bond donors (Lipinski definition) is 2. The van der Waals surface area contributed by atoms with Crippen molar-refractivity contribution in [3.05, 3.63) is 0 Å². The van der Waals surface area contributed by atoms with Crippen LogP contribution in [0.25, 0.3) is 0 Å². The molecule has 0 spiro atoms. The molecule has 0 aromatic rings. The van der Waals surface area contributed by atoms with Gasteiger partial charge in [0.15, 0.2) is 0 Å². The van der Waals surface area contributed by atoms with Gasteiger partial charge in [-0.15, -0.1) is 0 Å². The van der Waals surface area contributed by atoms with Crippen LogP contribution in [0.15, 0.2) is 0 Å². The molecular weight excluding hydrogens is 226 g/mol. The van der Waals surface area contributed by atoms with Crippen molar-refractivity contribution in [3.8, 4) is 0 Å². The highest BCUT2D eigenvalue weighted by atomic mass is 16.4. The molecule has 1 heterocycles. The second kappa shape index (κ2) is 6.07. The smallest absolute Gasteiger partial charge is 0.317 e. The molecule has 1 saturated heterocycles. The Morgan fingerprint density at radius 1 is 1.41 bits per heavy atom. The molecule has 0 radical (unpaired) electrons. The standard InChI is InChI=1S/C10H17N3O4/c1-2-12-5-6-13(7-8(12)14)10(17)11-4-3-9(15)16/h2-7H2,1H3,(H,11,17)(H,15,16). The minimum atomic E-state index is -0.961. The zero-order chi connectivity index (χ0) is 12.8. The Hall–Kier alpha value is -1.79. The van der Waals surface area contributed by atoms with E-state index in [1.165, 1.54) is 4.90 Å². The van der Waals surface area contributed by atoms with Crippen molar-refractivity contribution in [2.45, 2.75) is 13.3 Å². The molecule has 0 saturated carbocycles. The molecule has 1 fully saturated rings. The summed E-state index contributed by atoms with van der Waals surface area (Å²) in [5.41, 5.74) is 0. The molecule has 96 valence electrons. The van der Waals surface area contributed by atoms with E-state index in [1.54, 1.807) is 4.90 Å². The Morgan fingerprint density at radius 3 is 2.65 bits per heavy atom. The fourth-order valence-electron chi connectivity index (χ4n) is 1.60. The van der Waals surface area contributed by atoms with Gasteiger partial charge < -0.3 is 20.2 Å². The Kier molecular flexibility index (Phi) is 4.74. The molecule has 0 atom stereocenters. The van der Waals surface area contributed by atoms with E-state index in [4.69, 9.17) is 5.11 Å². The van der Waals surface area contributed by atoms with Crippen LogP contribution in [0.1, 0.15) is 13.3 Å². The SMILES string of the molecule is CCN1CCN(C(=O)NCCC(=O)O)CC1=O. The van der Waals surface area contributed by atoms with E-state index in [0.717, 1.165) is 0 Å². The van der Waals surface area contributed by atoms with E-state index < -0.39 is 5.97 Å². The second-order valence-corrected chi connectivity index (χ2v) is 3.77. The Labute approximate surface area is 99.4 Å². The number of carboxylic acid groups (broad SMARTS) is 1. The first kappa shape index (κ1) is 13.3. The highest BCUT2D eigenvalue weighted by Crippen LogP contribution is 2.02. The summed E-state index contributed by atoms with van der Waals surface area (Å²) in [6.45, 7) is 3.69. The number of hydrogen-bond acceptors (Lipinski definition) is 3. The Balaban J connectivity index is 2.34. The number of carboxylic acids is 1. The number of likely N-dealkylation sites (N-methyl/N-ethyl adjacent to an activating group) is 1. The Bertz CT molecular complexity index is 319.